The maximum absolute atomic E-state index is 14.2. The Morgan fingerprint density at radius 2 is 1.80 bits per heavy atom. The fourth-order valence-corrected chi connectivity index (χ4v) is 6.34. The van der Waals surface area contributed by atoms with Gasteiger partial charge in [-0.2, -0.15) is 5.10 Å². The number of aromatic amines is 2. The number of aryl methyl sites for hydroxylation is 1. The van der Waals surface area contributed by atoms with Crippen molar-refractivity contribution >= 4 is 40.8 Å². The van der Waals surface area contributed by atoms with Gasteiger partial charge >= 0.3 is 5.76 Å². The van der Waals surface area contributed by atoms with Gasteiger partial charge < -0.3 is 11.5 Å². The summed E-state index contributed by atoms with van der Waals surface area (Å²) < 4.78 is 4.64. The van der Waals surface area contributed by atoms with Gasteiger partial charge in [0.15, 0.2) is 5.82 Å². The first-order valence-corrected chi connectivity index (χ1v) is 14.8. The lowest BCUT2D eigenvalue weighted by atomic mass is 9.81. The van der Waals surface area contributed by atoms with Crippen molar-refractivity contribution < 1.29 is 14.1 Å². The lowest BCUT2D eigenvalue weighted by Gasteiger charge is -2.35. The van der Waals surface area contributed by atoms with Crippen LogP contribution in [0.2, 0.25) is 0 Å². The van der Waals surface area contributed by atoms with Crippen LogP contribution in [0.5, 0.6) is 0 Å². The van der Waals surface area contributed by atoms with Crippen LogP contribution in [0.3, 0.4) is 0 Å². The van der Waals surface area contributed by atoms with E-state index in [1.807, 2.05) is 42.6 Å². The summed E-state index contributed by atoms with van der Waals surface area (Å²) >= 11 is 0. The van der Waals surface area contributed by atoms with E-state index in [1.54, 1.807) is 29.2 Å². The number of primary amides is 1. The molecule has 0 aliphatic heterocycles. The van der Waals surface area contributed by atoms with Crippen LogP contribution in [0.4, 0.5) is 5.69 Å². The zero-order valence-corrected chi connectivity index (χ0v) is 25.7. The zero-order valence-electron chi connectivity index (χ0n) is 24.9. The summed E-state index contributed by atoms with van der Waals surface area (Å²) in [7, 11) is 0. The summed E-state index contributed by atoms with van der Waals surface area (Å²) in [6.07, 6.45) is 5.16. The van der Waals surface area contributed by atoms with Gasteiger partial charge in [-0.05, 0) is 97.7 Å². The molecule has 45 heavy (non-hydrogen) atoms. The number of nitrogens with two attached hydrogens (primary N) is 2. The molecule has 0 unspecified atom stereocenters. The van der Waals surface area contributed by atoms with Crippen LogP contribution in [-0.4, -0.2) is 44.7 Å². The van der Waals surface area contributed by atoms with E-state index in [0.717, 1.165) is 46.0 Å². The van der Waals surface area contributed by atoms with E-state index in [-0.39, 0.29) is 36.5 Å². The molecule has 11 nitrogen and oxygen atoms in total. The largest absolute Gasteiger partial charge is 0.439 e. The Balaban J connectivity index is 0.00000400. The third-order valence-corrected chi connectivity index (χ3v) is 8.74. The fraction of sp³-hybridized carbons (Fsp3) is 0.303. The second kappa shape index (κ2) is 13.5. The molecule has 2 amide bonds. The van der Waals surface area contributed by atoms with Crippen molar-refractivity contribution in [2.75, 3.05) is 11.4 Å². The first-order chi connectivity index (χ1) is 21.3. The van der Waals surface area contributed by atoms with Gasteiger partial charge in [-0.25, -0.2) is 4.79 Å². The van der Waals surface area contributed by atoms with E-state index in [2.05, 4.69) is 31.8 Å². The number of fused-ring (bicyclic) bond motifs is 1. The van der Waals surface area contributed by atoms with Crippen LogP contribution in [0.1, 0.15) is 36.8 Å². The van der Waals surface area contributed by atoms with Crippen LogP contribution in [0, 0.1) is 18.8 Å². The molecule has 12 heteroatoms. The molecule has 2 aromatic heterocycles. The highest BCUT2D eigenvalue weighted by Gasteiger charge is 2.36. The topological polar surface area (TPSA) is 177 Å². The minimum absolute atomic E-state index is 0. The van der Waals surface area contributed by atoms with E-state index in [4.69, 9.17) is 11.5 Å². The Bertz CT molecular complexity index is 1850. The number of carbonyl (C=O) groups is 2. The molecule has 1 aliphatic carbocycles. The number of rotatable bonds is 9. The average molecular weight is 630 g/mol. The van der Waals surface area contributed by atoms with Gasteiger partial charge in [0.1, 0.15) is 6.04 Å². The van der Waals surface area contributed by atoms with Gasteiger partial charge in [0.2, 0.25) is 11.8 Å². The van der Waals surface area contributed by atoms with Crippen LogP contribution < -0.4 is 22.1 Å². The number of hydrogen-bond acceptors (Lipinski definition) is 7. The summed E-state index contributed by atoms with van der Waals surface area (Å²) in [6, 6.07) is 18.0. The lowest BCUT2D eigenvalue weighted by Crippen LogP contribution is -2.52. The Hall–Kier alpha value is -4.74. The molecule has 6 rings (SSSR count). The van der Waals surface area contributed by atoms with Crippen LogP contribution in [-0.2, 0) is 16.0 Å². The molecule has 1 fully saturated rings. The molecular formula is C33H36ClN7O4. The molecule has 234 valence electrons. The molecule has 0 saturated heterocycles. The highest BCUT2D eigenvalue weighted by Crippen LogP contribution is 2.34. The third kappa shape index (κ3) is 6.54. The van der Waals surface area contributed by atoms with Crippen molar-refractivity contribution in [2.24, 2.45) is 23.3 Å². The standard InChI is InChI=1S/C33H35N7O4.ClH/c1-19-5-14-27-26(18-36-38-27)29(19)24-4-2-3-21(15-24)16-28(30(35)41)40(32(42)23-8-6-20(17-34)7-9-23)25-12-10-22(11-13-25)31-37-33(43)44-39-31;/h2-5,10-15,18,20,23,28H,6-9,16-17,34H2,1H3,(H2,35,41)(H,36,38)(H,37,39,43);1H/t20?,23?,28-;/m0./s1. The van der Waals surface area contributed by atoms with Gasteiger partial charge in [-0.1, -0.05) is 35.5 Å². The van der Waals surface area contributed by atoms with Crippen molar-refractivity contribution in [1.82, 2.24) is 20.3 Å². The second-order valence-corrected chi connectivity index (χ2v) is 11.6. The predicted octanol–water partition coefficient (Wildman–Crippen LogP) is 4.50. The van der Waals surface area contributed by atoms with E-state index in [0.29, 0.717) is 36.6 Å². The number of benzene rings is 3. The molecule has 0 spiro atoms. The number of carbonyl (C=O) groups excluding carboxylic acids is 2. The molecule has 0 radical (unpaired) electrons. The van der Waals surface area contributed by atoms with Crippen molar-refractivity contribution in [1.29, 1.82) is 0 Å². The Labute approximate surface area is 265 Å². The molecule has 5 aromatic rings. The Kier molecular flexibility index (Phi) is 9.50. The molecule has 1 atom stereocenters. The van der Waals surface area contributed by atoms with E-state index in [1.165, 1.54) is 0 Å². The summed E-state index contributed by atoms with van der Waals surface area (Å²) in [6.45, 7) is 2.65. The van der Waals surface area contributed by atoms with Crippen molar-refractivity contribution in [3.05, 3.63) is 88.5 Å². The molecule has 0 bridgehead atoms. The molecule has 2 heterocycles. The Morgan fingerprint density at radius 1 is 1.04 bits per heavy atom. The summed E-state index contributed by atoms with van der Waals surface area (Å²) in [5.74, 6) is -0.984. The predicted molar refractivity (Wildman–Crippen MR) is 175 cm³/mol. The molecule has 3 aromatic carbocycles. The zero-order chi connectivity index (χ0) is 30.8. The number of anilines is 1. The number of amides is 2. The van der Waals surface area contributed by atoms with Crippen molar-refractivity contribution in [2.45, 2.75) is 45.1 Å². The van der Waals surface area contributed by atoms with Gasteiger partial charge in [0, 0.05) is 29.0 Å². The molecule has 1 saturated carbocycles. The monoisotopic (exact) mass is 629 g/mol. The van der Waals surface area contributed by atoms with Gasteiger partial charge in [0.05, 0.1) is 11.7 Å². The van der Waals surface area contributed by atoms with Gasteiger partial charge in [-0.15, -0.1) is 12.4 Å². The fourth-order valence-electron chi connectivity index (χ4n) is 6.34. The normalized spacial score (nSPS) is 17.0. The molecule has 1 aliphatic rings. The van der Waals surface area contributed by atoms with E-state index in [9.17, 15) is 14.4 Å². The van der Waals surface area contributed by atoms with Crippen LogP contribution >= 0.6 is 12.4 Å². The number of nitrogens with one attached hydrogen (secondary N) is 2. The number of halogens is 1. The van der Waals surface area contributed by atoms with Crippen molar-refractivity contribution in [3.63, 3.8) is 0 Å². The van der Waals surface area contributed by atoms with Crippen LogP contribution in [0.15, 0.2) is 76.2 Å². The van der Waals surface area contributed by atoms with Crippen molar-refractivity contribution in [3.8, 4) is 22.5 Å². The third-order valence-electron chi connectivity index (χ3n) is 8.74. The first kappa shape index (κ1) is 31.7. The summed E-state index contributed by atoms with van der Waals surface area (Å²) in [5.41, 5.74) is 18.0. The quantitative estimate of drug-likeness (QED) is 0.185. The maximum atomic E-state index is 14.2. The number of H-pyrrole nitrogens is 2. The molecule has 6 N–H and O–H groups in total. The number of hydrogen-bond donors (Lipinski definition) is 4. The highest BCUT2D eigenvalue weighted by atomic mass is 35.5. The highest BCUT2D eigenvalue weighted by molar-refractivity contribution is 6.02. The summed E-state index contributed by atoms with van der Waals surface area (Å²) in [5, 5.41) is 12.0. The minimum atomic E-state index is -0.937. The van der Waals surface area contributed by atoms with E-state index >= 15 is 0 Å². The lowest BCUT2D eigenvalue weighted by molar-refractivity contribution is -0.127. The van der Waals surface area contributed by atoms with Crippen LogP contribution in [0.25, 0.3) is 33.4 Å². The molecular weight excluding hydrogens is 594 g/mol. The summed E-state index contributed by atoms with van der Waals surface area (Å²) in [4.78, 5) is 43.0. The Morgan fingerprint density at radius 3 is 2.47 bits per heavy atom. The first-order valence-electron chi connectivity index (χ1n) is 14.8. The SMILES string of the molecule is Cc1ccc2[nH]ncc2c1-c1cccc(C[C@@H](C(N)=O)N(C(=O)C2CCC(CN)CC2)c2ccc(-c3noc(=O)[nH]3)cc2)c1.Cl. The van der Waals surface area contributed by atoms with Gasteiger partial charge in [-0.3, -0.25) is 29.1 Å². The average Bonchev–Trinajstić information content (AvgIpc) is 3.70. The number of aromatic nitrogens is 4. The minimum Gasteiger partial charge on any atom is -0.368 e. The number of nitrogens with zero attached hydrogens (tertiary/aromatic N) is 3. The van der Waals surface area contributed by atoms with Gasteiger partial charge in [0.25, 0.3) is 0 Å². The smallest absolute Gasteiger partial charge is 0.368 e. The maximum Gasteiger partial charge on any atom is 0.439 e. The second-order valence-electron chi connectivity index (χ2n) is 11.6. The van der Waals surface area contributed by atoms with E-state index < -0.39 is 17.7 Å².